The number of hydrogen-bond acceptors (Lipinski definition) is 2. The number of fused-ring (bicyclic) bond motifs is 1. The molecule has 1 fully saturated rings. The summed E-state index contributed by atoms with van der Waals surface area (Å²) in [6.07, 6.45) is 11.1. The summed E-state index contributed by atoms with van der Waals surface area (Å²) in [4.78, 5) is 1.65. The van der Waals surface area contributed by atoms with Crippen LogP contribution in [0.5, 0.6) is 0 Å². The van der Waals surface area contributed by atoms with Crippen molar-refractivity contribution in [2.45, 2.75) is 70.4 Å². The Labute approximate surface area is 134 Å². The Morgan fingerprint density at radius 1 is 1.26 bits per heavy atom. The largest absolute Gasteiger partial charge is 0.307 e. The van der Waals surface area contributed by atoms with Gasteiger partial charge in [-0.05, 0) is 72.2 Å². The number of nitrogens with one attached hydrogen (secondary N) is 1. The van der Waals surface area contributed by atoms with Crippen molar-refractivity contribution in [3.05, 3.63) is 19.4 Å². The highest BCUT2D eigenvalue weighted by atomic mass is 127. The van der Waals surface area contributed by atoms with E-state index in [2.05, 4.69) is 40.9 Å². The lowest BCUT2D eigenvalue weighted by Crippen LogP contribution is -2.41. The molecule has 0 aliphatic heterocycles. The predicted molar refractivity (Wildman–Crippen MR) is 91.9 cm³/mol. The van der Waals surface area contributed by atoms with Crippen LogP contribution in [0.25, 0.3) is 0 Å². The molecule has 3 atom stereocenters. The van der Waals surface area contributed by atoms with Gasteiger partial charge in [0.25, 0.3) is 0 Å². The molecule has 0 bridgehead atoms. The highest BCUT2D eigenvalue weighted by Gasteiger charge is 2.29. The molecule has 1 saturated carbocycles. The summed E-state index contributed by atoms with van der Waals surface area (Å²) in [5.74, 6) is 0.914. The number of aryl methyl sites for hydroxylation is 1. The fourth-order valence-electron chi connectivity index (χ4n) is 3.87. The summed E-state index contributed by atoms with van der Waals surface area (Å²) < 4.78 is 1.46. The Balaban J connectivity index is 1.73. The second kappa shape index (κ2) is 6.44. The molecule has 1 N–H and O–H groups in total. The Hall–Kier alpha value is 0.390. The van der Waals surface area contributed by atoms with Crippen LogP contribution in [0.4, 0.5) is 0 Å². The van der Waals surface area contributed by atoms with Crippen LogP contribution < -0.4 is 5.32 Å². The van der Waals surface area contributed by atoms with Crippen molar-refractivity contribution in [3.63, 3.8) is 0 Å². The molecule has 2 aliphatic carbocycles. The molecular formula is C16H24INS. The van der Waals surface area contributed by atoms with Gasteiger partial charge in [-0.2, -0.15) is 0 Å². The van der Waals surface area contributed by atoms with E-state index >= 15 is 0 Å². The van der Waals surface area contributed by atoms with E-state index < -0.39 is 0 Å². The molecule has 0 radical (unpaired) electrons. The number of halogens is 1. The number of hydrogen-bond donors (Lipinski definition) is 1. The summed E-state index contributed by atoms with van der Waals surface area (Å²) in [6.45, 7) is 2.37. The molecule has 0 amide bonds. The topological polar surface area (TPSA) is 12.0 Å². The maximum absolute atomic E-state index is 4.03. The normalized spacial score (nSPS) is 31.2. The minimum Gasteiger partial charge on any atom is -0.307 e. The predicted octanol–water partition coefficient (Wildman–Crippen LogP) is 5.29. The third kappa shape index (κ3) is 3.18. The van der Waals surface area contributed by atoms with Crippen molar-refractivity contribution >= 4 is 33.9 Å². The molecular weight excluding hydrogens is 365 g/mol. The van der Waals surface area contributed by atoms with Gasteiger partial charge in [-0.1, -0.05) is 26.2 Å². The van der Waals surface area contributed by atoms with E-state index in [0.717, 1.165) is 12.0 Å². The monoisotopic (exact) mass is 389 g/mol. The fourth-order valence-corrected chi connectivity index (χ4v) is 5.99. The highest BCUT2D eigenvalue weighted by Crippen LogP contribution is 2.38. The van der Waals surface area contributed by atoms with Crippen LogP contribution in [0.3, 0.4) is 0 Å². The first-order valence-corrected chi connectivity index (χ1v) is 9.71. The Kier molecular flexibility index (Phi) is 4.86. The van der Waals surface area contributed by atoms with Crippen LogP contribution in [-0.4, -0.2) is 6.04 Å². The van der Waals surface area contributed by atoms with Crippen LogP contribution in [0.2, 0.25) is 0 Å². The molecule has 19 heavy (non-hydrogen) atoms. The molecule has 1 heterocycles. The first-order valence-electron chi connectivity index (χ1n) is 7.82. The van der Waals surface area contributed by atoms with Crippen molar-refractivity contribution in [3.8, 4) is 0 Å². The van der Waals surface area contributed by atoms with Crippen LogP contribution in [-0.2, 0) is 6.42 Å². The van der Waals surface area contributed by atoms with Crippen molar-refractivity contribution in [1.29, 1.82) is 0 Å². The molecule has 1 nitrogen and oxygen atoms in total. The quantitative estimate of drug-likeness (QED) is 0.693. The third-order valence-corrected chi connectivity index (χ3v) is 6.90. The van der Waals surface area contributed by atoms with Crippen molar-refractivity contribution in [2.24, 2.45) is 5.92 Å². The first kappa shape index (κ1) is 14.3. The lowest BCUT2D eigenvalue weighted by atomic mass is 9.81. The third-order valence-electron chi connectivity index (χ3n) is 4.93. The highest BCUT2D eigenvalue weighted by molar-refractivity contribution is 14.1. The zero-order chi connectivity index (χ0) is 13.2. The second-order valence-electron chi connectivity index (χ2n) is 6.10. The number of rotatable bonds is 3. The summed E-state index contributed by atoms with van der Waals surface area (Å²) in [5.41, 5.74) is 1.63. The molecule has 3 unspecified atom stereocenters. The van der Waals surface area contributed by atoms with Gasteiger partial charge in [-0.3, -0.25) is 0 Å². The molecule has 3 rings (SSSR count). The molecule has 1 aromatic rings. The van der Waals surface area contributed by atoms with Gasteiger partial charge in [-0.15, -0.1) is 11.3 Å². The van der Waals surface area contributed by atoms with E-state index in [1.807, 2.05) is 11.3 Å². The molecule has 2 aliphatic rings. The fraction of sp³-hybridized carbons (Fsp3) is 0.750. The zero-order valence-electron chi connectivity index (χ0n) is 11.8. The van der Waals surface area contributed by atoms with Crippen molar-refractivity contribution in [2.75, 3.05) is 0 Å². The first-order chi connectivity index (χ1) is 9.28. The summed E-state index contributed by atoms with van der Waals surface area (Å²) >= 11 is 4.49. The SMILES string of the molecule is CCC1CCCCC1NC1CCCc2sc(I)cc21. The number of thiophene rings is 1. The van der Waals surface area contributed by atoms with Crippen LogP contribution in [0, 0.1) is 8.80 Å². The van der Waals surface area contributed by atoms with Gasteiger partial charge in [0.15, 0.2) is 0 Å². The molecule has 3 heteroatoms. The van der Waals surface area contributed by atoms with E-state index in [4.69, 9.17) is 0 Å². The minimum absolute atomic E-state index is 0.640. The average molecular weight is 389 g/mol. The Morgan fingerprint density at radius 3 is 2.95 bits per heavy atom. The standard InChI is InChI=1S/C16H24INS/c1-2-11-6-3-4-7-13(11)18-14-8-5-9-15-12(14)10-16(17)19-15/h10-11,13-14,18H,2-9H2,1H3. The van der Waals surface area contributed by atoms with Gasteiger partial charge in [0.1, 0.15) is 0 Å². The summed E-state index contributed by atoms with van der Waals surface area (Å²) in [7, 11) is 0. The maximum atomic E-state index is 4.03. The Morgan fingerprint density at radius 2 is 2.11 bits per heavy atom. The van der Waals surface area contributed by atoms with E-state index in [1.165, 1.54) is 54.3 Å². The van der Waals surface area contributed by atoms with E-state index in [9.17, 15) is 0 Å². The van der Waals surface area contributed by atoms with E-state index in [0.29, 0.717) is 6.04 Å². The lowest BCUT2D eigenvalue weighted by Gasteiger charge is -2.36. The minimum atomic E-state index is 0.640. The van der Waals surface area contributed by atoms with Crippen molar-refractivity contribution < 1.29 is 0 Å². The van der Waals surface area contributed by atoms with Gasteiger partial charge >= 0.3 is 0 Å². The van der Waals surface area contributed by atoms with Gasteiger partial charge < -0.3 is 5.32 Å². The summed E-state index contributed by atoms with van der Waals surface area (Å²) in [6, 6.07) is 3.84. The molecule has 1 aromatic heterocycles. The second-order valence-corrected chi connectivity index (χ2v) is 9.13. The van der Waals surface area contributed by atoms with Crippen LogP contribution >= 0.6 is 33.9 Å². The molecule has 106 valence electrons. The van der Waals surface area contributed by atoms with Gasteiger partial charge in [0.2, 0.25) is 0 Å². The smallest absolute Gasteiger partial charge is 0.0659 e. The Bertz CT molecular complexity index is 428. The molecule has 0 spiro atoms. The van der Waals surface area contributed by atoms with Crippen molar-refractivity contribution in [1.82, 2.24) is 5.32 Å². The molecule has 0 saturated heterocycles. The zero-order valence-corrected chi connectivity index (χ0v) is 14.7. The molecule has 0 aromatic carbocycles. The van der Waals surface area contributed by atoms with Gasteiger partial charge in [-0.25, -0.2) is 0 Å². The van der Waals surface area contributed by atoms with Crippen LogP contribution in [0.15, 0.2) is 6.07 Å². The van der Waals surface area contributed by atoms with Gasteiger partial charge in [0, 0.05) is 17.0 Å². The van der Waals surface area contributed by atoms with E-state index in [1.54, 1.807) is 10.4 Å². The van der Waals surface area contributed by atoms with Crippen LogP contribution in [0.1, 0.15) is 68.4 Å². The van der Waals surface area contributed by atoms with Gasteiger partial charge in [0.05, 0.1) is 2.88 Å². The van der Waals surface area contributed by atoms with E-state index in [-0.39, 0.29) is 0 Å². The summed E-state index contributed by atoms with van der Waals surface area (Å²) in [5, 5.41) is 4.03. The maximum Gasteiger partial charge on any atom is 0.0659 e. The lowest BCUT2D eigenvalue weighted by molar-refractivity contribution is 0.230. The average Bonchev–Trinajstić information content (AvgIpc) is 2.81.